The number of nitrogens with zero attached hydrogens (tertiary/aromatic N) is 1. The molecule has 2 rings (SSSR count). The lowest BCUT2D eigenvalue weighted by Gasteiger charge is -2.09. The standard InChI is InChI=1S/C16H13BrFNO2/c17-15-10-13(18)5-6-16(15)21-8-2-7-20-14-4-1-3-12(9-14)11-19/h1,3-6,9-10H,2,7-8H2. The summed E-state index contributed by atoms with van der Waals surface area (Å²) >= 11 is 3.24. The summed E-state index contributed by atoms with van der Waals surface area (Å²) in [6.45, 7) is 0.940. The fourth-order valence-corrected chi connectivity index (χ4v) is 2.14. The minimum Gasteiger partial charge on any atom is -0.493 e. The number of rotatable bonds is 6. The third-order valence-electron chi connectivity index (χ3n) is 2.67. The summed E-state index contributed by atoms with van der Waals surface area (Å²) in [4.78, 5) is 0. The molecule has 3 nitrogen and oxygen atoms in total. The van der Waals surface area contributed by atoms with Crippen molar-refractivity contribution in [1.82, 2.24) is 0 Å². The Labute approximate surface area is 131 Å². The van der Waals surface area contributed by atoms with Gasteiger partial charge in [-0.3, -0.25) is 0 Å². The normalized spacial score (nSPS) is 9.95. The van der Waals surface area contributed by atoms with Crippen molar-refractivity contribution in [2.45, 2.75) is 6.42 Å². The summed E-state index contributed by atoms with van der Waals surface area (Å²) in [5, 5.41) is 8.79. The second-order valence-electron chi connectivity index (χ2n) is 4.26. The quantitative estimate of drug-likeness (QED) is 0.729. The van der Waals surface area contributed by atoms with E-state index >= 15 is 0 Å². The fraction of sp³-hybridized carbons (Fsp3) is 0.188. The second-order valence-corrected chi connectivity index (χ2v) is 5.12. The molecule has 0 heterocycles. The molecule has 0 spiro atoms. The van der Waals surface area contributed by atoms with Crippen LogP contribution in [0.3, 0.4) is 0 Å². The van der Waals surface area contributed by atoms with E-state index in [0.29, 0.717) is 41.2 Å². The molecule has 0 aromatic heterocycles. The van der Waals surface area contributed by atoms with Gasteiger partial charge in [0.1, 0.15) is 17.3 Å². The van der Waals surface area contributed by atoms with Crippen molar-refractivity contribution in [1.29, 1.82) is 5.26 Å². The van der Waals surface area contributed by atoms with Crippen molar-refractivity contribution in [2.75, 3.05) is 13.2 Å². The summed E-state index contributed by atoms with van der Waals surface area (Å²) in [5.74, 6) is 0.954. The number of hydrogen-bond donors (Lipinski definition) is 0. The maximum Gasteiger partial charge on any atom is 0.133 e. The smallest absolute Gasteiger partial charge is 0.133 e. The first-order valence-electron chi connectivity index (χ1n) is 6.40. The molecule has 0 radical (unpaired) electrons. The van der Waals surface area contributed by atoms with Crippen LogP contribution in [0.25, 0.3) is 0 Å². The molecule has 5 heteroatoms. The van der Waals surface area contributed by atoms with Crippen LogP contribution in [0.15, 0.2) is 46.9 Å². The third kappa shape index (κ3) is 4.76. The summed E-state index contributed by atoms with van der Waals surface area (Å²) in [5.41, 5.74) is 0.569. The van der Waals surface area contributed by atoms with Crippen molar-refractivity contribution in [3.63, 3.8) is 0 Å². The highest BCUT2D eigenvalue weighted by Gasteiger charge is 2.02. The Morgan fingerprint density at radius 1 is 1.10 bits per heavy atom. The molecule has 108 valence electrons. The van der Waals surface area contributed by atoms with Gasteiger partial charge in [0.2, 0.25) is 0 Å². The van der Waals surface area contributed by atoms with E-state index in [-0.39, 0.29) is 5.82 Å². The van der Waals surface area contributed by atoms with Crippen molar-refractivity contribution < 1.29 is 13.9 Å². The van der Waals surface area contributed by atoms with Crippen LogP contribution >= 0.6 is 15.9 Å². The lowest BCUT2D eigenvalue weighted by molar-refractivity contribution is 0.246. The van der Waals surface area contributed by atoms with Gasteiger partial charge in [-0.15, -0.1) is 0 Å². The van der Waals surface area contributed by atoms with Gasteiger partial charge in [-0.05, 0) is 52.3 Å². The summed E-state index contributed by atoms with van der Waals surface area (Å²) < 4.78 is 24.6. The minimum atomic E-state index is -0.310. The van der Waals surface area contributed by atoms with Crippen LogP contribution in [0.2, 0.25) is 0 Å². The minimum absolute atomic E-state index is 0.310. The van der Waals surface area contributed by atoms with Gasteiger partial charge in [-0.2, -0.15) is 5.26 Å². The lowest BCUT2D eigenvalue weighted by Crippen LogP contribution is -2.05. The molecule has 0 fully saturated rings. The SMILES string of the molecule is N#Cc1cccc(OCCCOc2ccc(F)cc2Br)c1. The van der Waals surface area contributed by atoms with E-state index in [1.165, 1.54) is 12.1 Å². The van der Waals surface area contributed by atoms with Crippen LogP contribution in [0.5, 0.6) is 11.5 Å². The predicted octanol–water partition coefficient (Wildman–Crippen LogP) is 4.31. The summed E-state index contributed by atoms with van der Waals surface area (Å²) in [6.07, 6.45) is 0.681. The first-order valence-corrected chi connectivity index (χ1v) is 7.19. The molecule has 0 aliphatic heterocycles. The Morgan fingerprint density at radius 2 is 1.90 bits per heavy atom. The van der Waals surface area contributed by atoms with E-state index in [2.05, 4.69) is 22.0 Å². The van der Waals surface area contributed by atoms with Crippen molar-refractivity contribution >= 4 is 15.9 Å². The average molecular weight is 350 g/mol. The number of benzene rings is 2. The molecule has 0 N–H and O–H groups in total. The molecule has 0 unspecified atom stereocenters. The second kappa shape index (κ2) is 7.65. The van der Waals surface area contributed by atoms with Gasteiger partial charge < -0.3 is 9.47 Å². The number of ether oxygens (including phenoxy) is 2. The van der Waals surface area contributed by atoms with Crippen molar-refractivity contribution in [2.24, 2.45) is 0 Å². The highest BCUT2D eigenvalue weighted by Crippen LogP contribution is 2.25. The van der Waals surface area contributed by atoms with Gasteiger partial charge in [0, 0.05) is 6.42 Å². The van der Waals surface area contributed by atoms with Gasteiger partial charge in [0.25, 0.3) is 0 Å². The summed E-state index contributed by atoms with van der Waals surface area (Å²) in [7, 11) is 0. The van der Waals surface area contributed by atoms with E-state index in [4.69, 9.17) is 14.7 Å². The van der Waals surface area contributed by atoms with Crippen LogP contribution in [-0.4, -0.2) is 13.2 Å². The van der Waals surface area contributed by atoms with E-state index in [1.807, 2.05) is 0 Å². The van der Waals surface area contributed by atoms with Gasteiger partial charge in [-0.25, -0.2) is 4.39 Å². The number of halogens is 2. The fourth-order valence-electron chi connectivity index (χ4n) is 1.68. The third-order valence-corrected chi connectivity index (χ3v) is 3.29. The molecule has 0 atom stereocenters. The van der Waals surface area contributed by atoms with Gasteiger partial charge in [-0.1, -0.05) is 6.07 Å². The Bertz CT molecular complexity index is 655. The van der Waals surface area contributed by atoms with E-state index < -0.39 is 0 Å². The number of nitriles is 1. The molecule has 2 aromatic rings. The van der Waals surface area contributed by atoms with Gasteiger partial charge in [0.15, 0.2) is 0 Å². The highest BCUT2D eigenvalue weighted by atomic mass is 79.9. The van der Waals surface area contributed by atoms with Crippen LogP contribution in [0.4, 0.5) is 4.39 Å². The zero-order valence-electron chi connectivity index (χ0n) is 11.2. The first kappa shape index (κ1) is 15.3. The maximum absolute atomic E-state index is 12.9. The molecule has 0 saturated carbocycles. The van der Waals surface area contributed by atoms with Crippen LogP contribution < -0.4 is 9.47 Å². The maximum atomic E-state index is 12.9. The van der Waals surface area contributed by atoms with E-state index in [0.717, 1.165) is 0 Å². The predicted molar refractivity (Wildman–Crippen MR) is 80.9 cm³/mol. The molecule has 2 aromatic carbocycles. The van der Waals surface area contributed by atoms with Crippen LogP contribution in [0, 0.1) is 17.1 Å². The van der Waals surface area contributed by atoms with Gasteiger partial charge >= 0.3 is 0 Å². The van der Waals surface area contributed by atoms with E-state index in [1.54, 1.807) is 30.3 Å². The first-order chi connectivity index (χ1) is 10.2. The van der Waals surface area contributed by atoms with Crippen molar-refractivity contribution in [3.8, 4) is 17.6 Å². The zero-order chi connectivity index (χ0) is 15.1. The molecule has 0 aliphatic carbocycles. The Kier molecular flexibility index (Phi) is 5.59. The Morgan fingerprint density at radius 3 is 2.67 bits per heavy atom. The monoisotopic (exact) mass is 349 g/mol. The zero-order valence-corrected chi connectivity index (χ0v) is 12.8. The number of hydrogen-bond acceptors (Lipinski definition) is 3. The van der Waals surface area contributed by atoms with E-state index in [9.17, 15) is 4.39 Å². The molecule has 21 heavy (non-hydrogen) atoms. The Balaban J connectivity index is 1.74. The molecule has 0 aliphatic rings. The lowest BCUT2D eigenvalue weighted by atomic mass is 10.2. The molecule has 0 saturated heterocycles. The van der Waals surface area contributed by atoms with Crippen LogP contribution in [0.1, 0.15) is 12.0 Å². The highest BCUT2D eigenvalue weighted by molar-refractivity contribution is 9.10. The molecular formula is C16H13BrFNO2. The Hall–Kier alpha value is -2.06. The largest absolute Gasteiger partial charge is 0.493 e. The van der Waals surface area contributed by atoms with Crippen molar-refractivity contribution in [3.05, 3.63) is 58.3 Å². The van der Waals surface area contributed by atoms with Gasteiger partial charge in [0.05, 0.1) is 29.3 Å². The molecule has 0 bridgehead atoms. The average Bonchev–Trinajstić information content (AvgIpc) is 2.49. The molecule has 0 amide bonds. The molecular weight excluding hydrogens is 337 g/mol. The topological polar surface area (TPSA) is 42.2 Å². The van der Waals surface area contributed by atoms with Crippen LogP contribution in [-0.2, 0) is 0 Å². The summed E-state index contributed by atoms with van der Waals surface area (Å²) in [6, 6.07) is 13.3.